The molecule has 116 valence electrons. The molecule has 1 aromatic carbocycles. The monoisotopic (exact) mass is 315 g/mol. The van der Waals surface area contributed by atoms with Gasteiger partial charge in [-0.3, -0.25) is 9.47 Å². The van der Waals surface area contributed by atoms with Crippen molar-refractivity contribution in [1.29, 1.82) is 0 Å². The van der Waals surface area contributed by atoms with Crippen molar-refractivity contribution in [1.82, 2.24) is 24.6 Å². The first kappa shape index (κ1) is 14.2. The Hall–Kier alpha value is -1.37. The van der Waals surface area contributed by atoms with Crippen LogP contribution in [0.4, 0.5) is 0 Å². The van der Waals surface area contributed by atoms with Gasteiger partial charge in [0.2, 0.25) is 0 Å². The Bertz CT molecular complexity index is 621. The Labute approximate surface area is 135 Å². The van der Waals surface area contributed by atoms with Crippen molar-refractivity contribution in [2.75, 3.05) is 32.1 Å². The zero-order chi connectivity index (χ0) is 14.8. The van der Waals surface area contributed by atoms with E-state index in [0.29, 0.717) is 0 Å². The first-order chi connectivity index (χ1) is 10.9. The van der Waals surface area contributed by atoms with Crippen LogP contribution in [0.1, 0.15) is 12.8 Å². The fourth-order valence-corrected chi connectivity index (χ4v) is 4.05. The highest BCUT2D eigenvalue weighted by Gasteiger charge is 2.23. The van der Waals surface area contributed by atoms with E-state index in [1.165, 1.54) is 32.5 Å². The minimum absolute atomic E-state index is 0.896. The van der Waals surface area contributed by atoms with Crippen LogP contribution in [0.15, 0.2) is 35.5 Å². The molecule has 2 aromatic rings. The maximum Gasteiger partial charge on any atom is 0.193 e. The lowest BCUT2D eigenvalue weighted by molar-refractivity contribution is 0.203. The van der Waals surface area contributed by atoms with Crippen molar-refractivity contribution in [2.24, 2.45) is 0 Å². The summed E-state index contributed by atoms with van der Waals surface area (Å²) in [6.07, 6.45) is 2.73. The quantitative estimate of drug-likeness (QED) is 0.866. The molecular formula is C16H21N5S. The van der Waals surface area contributed by atoms with E-state index in [4.69, 9.17) is 0 Å². The Balaban J connectivity index is 1.46. The number of rotatable bonds is 4. The standard InChI is InChI=1S/C16H21N5S/c1-2-6-14(7-3-1)15-17-18-16-21(15)12-20(13-22-16)11-10-19-8-4-5-9-19/h1-3,6-7H,4-5,8-13H2. The average molecular weight is 315 g/mol. The fraction of sp³-hybridized carbons (Fsp3) is 0.500. The summed E-state index contributed by atoms with van der Waals surface area (Å²) in [7, 11) is 0. The second-order valence-electron chi connectivity index (χ2n) is 5.96. The predicted octanol–water partition coefficient (Wildman–Crippen LogP) is 2.36. The highest BCUT2D eigenvalue weighted by molar-refractivity contribution is 7.99. The van der Waals surface area contributed by atoms with Crippen molar-refractivity contribution in [3.05, 3.63) is 30.3 Å². The van der Waals surface area contributed by atoms with Gasteiger partial charge in [0.25, 0.3) is 0 Å². The Morgan fingerprint density at radius 2 is 1.73 bits per heavy atom. The first-order valence-corrected chi connectivity index (χ1v) is 8.95. The number of aromatic nitrogens is 3. The SMILES string of the molecule is c1ccc(-c2nnc3n2CN(CCN2CCCC2)CS3)cc1. The molecule has 0 amide bonds. The van der Waals surface area contributed by atoms with Crippen LogP contribution in [-0.2, 0) is 6.67 Å². The van der Waals surface area contributed by atoms with Gasteiger partial charge in [-0.05, 0) is 25.9 Å². The molecule has 4 rings (SSSR count). The van der Waals surface area contributed by atoms with Crippen LogP contribution in [0.5, 0.6) is 0 Å². The number of nitrogens with zero attached hydrogens (tertiary/aromatic N) is 5. The van der Waals surface area contributed by atoms with Crippen molar-refractivity contribution >= 4 is 11.8 Å². The van der Waals surface area contributed by atoms with E-state index >= 15 is 0 Å². The summed E-state index contributed by atoms with van der Waals surface area (Å²) in [5.74, 6) is 2.00. The summed E-state index contributed by atoms with van der Waals surface area (Å²) in [6, 6.07) is 10.3. The molecule has 2 aliphatic heterocycles. The van der Waals surface area contributed by atoms with Crippen molar-refractivity contribution in [2.45, 2.75) is 24.7 Å². The molecule has 6 heteroatoms. The second kappa shape index (κ2) is 6.40. The third kappa shape index (κ3) is 2.91. The van der Waals surface area contributed by atoms with Gasteiger partial charge in [0, 0.05) is 18.7 Å². The fourth-order valence-electron chi connectivity index (χ4n) is 3.14. The van der Waals surface area contributed by atoms with Crippen LogP contribution in [0.3, 0.4) is 0 Å². The predicted molar refractivity (Wildman–Crippen MR) is 88.6 cm³/mol. The zero-order valence-corrected chi connectivity index (χ0v) is 13.5. The van der Waals surface area contributed by atoms with Gasteiger partial charge >= 0.3 is 0 Å². The maximum absolute atomic E-state index is 4.40. The summed E-state index contributed by atoms with van der Waals surface area (Å²) in [4.78, 5) is 5.07. The van der Waals surface area contributed by atoms with Crippen LogP contribution in [0.25, 0.3) is 11.4 Å². The smallest absolute Gasteiger partial charge is 0.193 e. The van der Waals surface area contributed by atoms with Crippen molar-refractivity contribution in [3.63, 3.8) is 0 Å². The molecule has 0 aliphatic carbocycles. The summed E-state index contributed by atoms with van der Waals surface area (Å²) < 4.78 is 2.24. The molecule has 5 nitrogen and oxygen atoms in total. The molecule has 0 N–H and O–H groups in total. The third-order valence-corrected chi connectivity index (χ3v) is 5.45. The van der Waals surface area contributed by atoms with Gasteiger partial charge in [-0.2, -0.15) is 0 Å². The minimum atomic E-state index is 0.896. The van der Waals surface area contributed by atoms with E-state index < -0.39 is 0 Å². The van der Waals surface area contributed by atoms with Gasteiger partial charge in [-0.1, -0.05) is 42.1 Å². The molecule has 2 aliphatic rings. The molecule has 0 spiro atoms. The Kier molecular flexibility index (Phi) is 4.14. The normalized spacial score (nSPS) is 19.5. The average Bonchev–Trinajstić information content (AvgIpc) is 3.23. The largest absolute Gasteiger partial charge is 0.302 e. The van der Waals surface area contributed by atoms with Crippen molar-refractivity contribution in [3.8, 4) is 11.4 Å². The molecule has 3 heterocycles. The number of hydrogen-bond acceptors (Lipinski definition) is 5. The van der Waals surface area contributed by atoms with Gasteiger partial charge in [-0.25, -0.2) is 0 Å². The summed E-state index contributed by atoms with van der Waals surface area (Å²) in [5, 5.41) is 9.78. The molecule has 0 unspecified atom stereocenters. The Morgan fingerprint density at radius 1 is 0.955 bits per heavy atom. The summed E-state index contributed by atoms with van der Waals surface area (Å²) >= 11 is 1.79. The third-order valence-electron chi connectivity index (χ3n) is 4.40. The van der Waals surface area contributed by atoms with E-state index in [-0.39, 0.29) is 0 Å². The first-order valence-electron chi connectivity index (χ1n) is 7.96. The van der Waals surface area contributed by atoms with Crippen molar-refractivity contribution < 1.29 is 0 Å². The minimum Gasteiger partial charge on any atom is -0.302 e. The zero-order valence-electron chi connectivity index (χ0n) is 12.7. The molecule has 0 radical (unpaired) electrons. The van der Waals surface area contributed by atoms with Gasteiger partial charge in [0.15, 0.2) is 11.0 Å². The van der Waals surface area contributed by atoms with Gasteiger partial charge in [0.1, 0.15) is 0 Å². The topological polar surface area (TPSA) is 37.2 Å². The molecule has 1 fully saturated rings. The highest BCUT2D eigenvalue weighted by Crippen LogP contribution is 2.28. The Morgan fingerprint density at radius 3 is 2.55 bits per heavy atom. The molecule has 22 heavy (non-hydrogen) atoms. The van der Waals surface area contributed by atoms with Gasteiger partial charge < -0.3 is 4.90 Å². The van der Waals surface area contributed by atoms with Gasteiger partial charge in [-0.15, -0.1) is 10.2 Å². The van der Waals surface area contributed by atoms with E-state index in [2.05, 4.69) is 48.8 Å². The lowest BCUT2D eigenvalue weighted by Gasteiger charge is -2.29. The second-order valence-corrected chi connectivity index (χ2v) is 6.87. The van der Waals surface area contributed by atoms with Crippen LogP contribution in [0.2, 0.25) is 0 Å². The van der Waals surface area contributed by atoms with Crippen LogP contribution < -0.4 is 0 Å². The lowest BCUT2D eigenvalue weighted by Crippen LogP contribution is -2.37. The molecular weight excluding hydrogens is 294 g/mol. The van der Waals surface area contributed by atoms with Gasteiger partial charge in [0.05, 0.1) is 12.5 Å². The van der Waals surface area contributed by atoms with E-state index in [0.717, 1.165) is 35.6 Å². The molecule has 1 saturated heterocycles. The molecule has 0 atom stereocenters. The highest BCUT2D eigenvalue weighted by atomic mass is 32.2. The number of fused-ring (bicyclic) bond motifs is 1. The number of benzene rings is 1. The molecule has 1 aromatic heterocycles. The maximum atomic E-state index is 4.40. The molecule has 0 bridgehead atoms. The number of likely N-dealkylation sites (tertiary alicyclic amines) is 1. The lowest BCUT2D eigenvalue weighted by atomic mass is 10.2. The van der Waals surface area contributed by atoms with Crippen LogP contribution >= 0.6 is 11.8 Å². The molecule has 0 saturated carbocycles. The van der Waals surface area contributed by atoms with E-state index in [9.17, 15) is 0 Å². The number of hydrogen-bond donors (Lipinski definition) is 0. The van der Waals surface area contributed by atoms with Crippen LogP contribution in [-0.4, -0.2) is 56.6 Å². The summed E-state index contributed by atoms with van der Waals surface area (Å²) in [6.45, 7) is 5.74. The summed E-state index contributed by atoms with van der Waals surface area (Å²) in [5.41, 5.74) is 1.14. The van der Waals surface area contributed by atoms with E-state index in [1.807, 2.05) is 6.07 Å². The van der Waals surface area contributed by atoms with E-state index in [1.54, 1.807) is 11.8 Å². The van der Waals surface area contributed by atoms with Crippen LogP contribution in [0, 0.1) is 0 Å². The number of thioether (sulfide) groups is 1.